The van der Waals surface area contributed by atoms with Gasteiger partial charge in [0.05, 0.1) is 0 Å². The van der Waals surface area contributed by atoms with Crippen molar-refractivity contribution in [2.75, 3.05) is 0 Å². The normalized spacial score (nSPS) is 18.5. The molecule has 1 aromatic carbocycles. The summed E-state index contributed by atoms with van der Waals surface area (Å²) < 4.78 is 39.0. The molecule has 0 amide bonds. The molecule has 0 saturated heterocycles. The van der Waals surface area contributed by atoms with Crippen LogP contribution in [0.25, 0.3) is 0 Å². The van der Waals surface area contributed by atoms with Gasteiger partial charge in [0.15, 0.2) is 17.5 Å². The Hall–Kier alpha value is -1.03. The zero-order chi connectivity index (χ0) is 13.8. The molecule has 106 valence electrons. The molecule has 1 fully saturated rings. The van der Waals surface area contributed by atoms with Gasteiger partial charge in [-0.25, -0.2) is 13.2 Å². The number of benzene rings is 1. The lowest BCUT2D eigenvalue weighted by Gasteiger charge is -2.28. The van der Waals surface area contributed by atoms with Crippen LogP contribution in [0.4, 0.5) is 13.2 Å². The van der Waals surface area contributed by atoms with Crippen LogP contribution in [0.15, 0.2) is 12.1 Å². The van der Waals surface area contributed by atoms with Crippen LogP contribution in [0.2, 0.25) is 0 Å². The van der Waals surface area contributed by atoms with Crippen molar-refractivity contribution in [3.63, 3.8) is 0 Å². The average Bonchev–Trinajstić information content (AvgIpc) is 2.43. The number of nitrogens with one attached hydrogen (secondary N) is 1. The van der Waals surface area contributed by atoms with E-state index in [1.807, 2.05) is 0 Å². The summed E-state index contributed by atoms with van der Waals surface area (Å²) in [6.07, 6.45) is 6.24. The summed E-state index contributed by atoms with van der Waals surface area (Å²) >= 11 is 0. The number of halogens is 3. The van der Waals surface area contributed by atoms with Crippen LogP contribution < -0.4 is 5.32 Å². The Morgan fingerprint density at radius 2 is 1.68 bits per heavy atom. The van der Waals surface area contributed by atoms with Crippen LogP contribution in [-0.4, -0.2) is 6.04 Å². The van der Waals surface area contributed by atoms with Crippen molar-refractivity contribution >= 4 is 0 Å². The van der Waals surface area contributed by atoms with Gasteiger partial charge in [-0.15, -0.1) is 0 Å². The monoisotopic (exact) mass is 271 g/mol. The van der Waals surface area contributed by atoms with E-state index in [2.05, 4.69) is 12.2 Å². The summed E-state index contributed by atoms with van der Waals surface area (Å²) in [4.78, 5) is 0. The molecule has 0 aliphatic heterocycles. The first kappa shape index (κ1) is 14.4. The lowest BCUT2D eigenvalue weighted by atomic mass is 9.84. The topological polar surface area (TPSA) is 12.0 Å². The van der Waals surface area contributed by atoms with Crippen molar-refractivity contribution in [2.45, 2.75) is 51.6 Å². The van der Waals surface area contributed by atoms with E-state index in [0.717, 1.165) is 12.1 Å². The third-order valence-electron chi connectivity index (χ3n) is 4.03. The van der Waals surface area contributed by atoms with E-state index >= 15 is 0 Å². The number of rotatable bonds is 4. The third-order valence-corrected chi connectivity index (χ3v) is 4.03. The van der Waals surface area contributed by atoms with Crippen LogP contribution in [0.3, 0.4) is 0 Å². The van der Waals surface area contributed by atoms with Crippen molar-refractivity contribution in [3.8, 4) is 0 Å². The summed E-state index contributed by atoms with van der Waals surface area (Å²) in [5.41, 5.74) is 0.444. The van der Waals surface area contributed by atoms with E-state index in [-0.39, 0.29) is 0 Å². The molecule has 19 heavy (non-hydrogen) atoms. The molecule has 0 bridgehead atoms. The second kappa shape index (κ2) is 6.42. The van der Waals surface area contributed by atoms with Crippen LogP contribution in [0.5, 0.6) is 0 Å². The fraction of sp³-hybridized carbons (Fsp3) is 0.600. The Labute approximate surface area is 112 Å². The molecular weight excluding hydrogens is 251 g/mol. The Kier molecular flexibility index (Phi) is 4.86. The van der Waals surface area contributed by atoms with Gasteiger partial charge < -0.3 is 5.32 Å². The largest absolute Gasteiger partial charge is 0.310 e. The summed E-state index contributed by atoms with van der Waals surface area (Å²) in [5.74, 6) is -3.02. The highest BCUT2D eigenvalue weighted by molar-refractivity contribution is 5.19. The van der Waals surface area contributed by atoms with Gasteiger partial charge in [-0.05, 0) is 43.4 Å². The first-order chi connectivity index (χ1) is 9.08. The van der Waals surface area contributed by atoms with Gasteiger partial charge in [-0.1, -0.05) is 19.3 Å². The fourth-order valence-corrected chi connectivity index (χ4v) is 2.79. The van der Waals surface area contributed by atoms with Gasteiger partial charge in [0.25, 0.3) is 0 Å². The van der Waals surface area contributed by atoms with Gasteiger partial charge >= 0.3 is 0 Å². The van der Waals surface area contributed by atoms with Gasteiger partial charge in [0.1, 0.15) is 0 Å². The van der Waals surface area contributed by atoms with E-state index in [9.17, 15) is 13.2 Å². The molecule has 1 aliphatic rings. The molecule has 0 spiro atoms. The molecule has 1 aromatic rings. The molecule has 1 aliphatic carbocycles. The van der Waals surface area contributed by atoms with E-state index in [1.165, 1.54) is 32.1 Å². The number of hydrogen-bond acceptors (Lipinski definition) is 1. The van der Waals surface area contributed by atoms with Crippen molar-refractivity contribution in [2.24, 2.45) is 5.92 Å². The fourth-order valence-electron chi connectivity index (χ4n) is 2.79. The summed E-state index contributed by atoms with van der Waals surface area (Å²) in [6, 6.07) is 2.43. The van der Waals surface area contributed by atoms with Crippen LogP contribution in [-0.2, 0) is 6.54 Å². The Balaban J connectivity index is 1.91. The molecule has 1 saturated carbocycles. The van der Waals surface area contributed by atoms with E-state index in [1.54, 1.807) is 0 Å². The van der Waals surface area contributed by atoms with E-state index in [0.29, 0.717) is 24.1 Å². The maximum atomic E-state index is 13.1. The first-order valence-corrected chi connectivity index (χ1v) is 6.94. The average molecular weight is 271 g/mol. The highest BCUT2D eigenvalue weighted by Crippen LogP contribution is 2.26. The summed E-state index contributed by atoms with van der Waals surface area (Å²) in [7, 11) is 0. The molecule has 4 heteroatoms. The SMILES string of the molecule is C[C@@H](NCc1cc(F)c(F)c(F)c1)C1CCCCC1. The van der Waals surface area contributed by atoms with Crippen molar-refractivity contribution < 1.29 is 13.2 Å². The highest BCUT2D eigenvalue weighted by atomic mass is 19.2. The molecule has 0 radical (unpaired) electrons. The summed E-state index contributed by atoms with van der Waals surface area (Å²) in [6.45, 7) is 2.47. The molecule has 0 unspecified atom stereocenters. The second-order valence-electron chi connectivity index (χ2n) is 5.44. The maximum Gasteiger partial charge on any atom is 0.194 e. The quantitative estimate of drug-likeness (QED) is 0.811. The smallest absolute Gasteiger partial charge is 0.194 e. The predicted molar refractivity (Wildman–Crippen MR) is 69.2 cm³/mol. The molecule has 0 aromatic heterocycles. The van der Waals surface area contributed by atoms with Crippen molar-refractivity contribution in [3.05, 3.63) is 35.1 Å². The van der Waals surface area contributed by atoms with Gasteiger partial charge in [-0.3, -0.25) is 0 Å². The molecular formula is C15H20F3N. The maximum absolute atomic E-state index is 13.1. The van der Waals surface area contributed by atoms with Gasteiger partial charge in [0.2, 0.25) is 0 Å². The summed E-state index contributed by atoms with van der Waals surface area (Å²) in [5, 5.41) is 3.29. The van der Waals surface area contributed by atoms with Gasteiger partial charge in [0, 0.05) is 12.6 Å². The molecule has 2 rings (SSSR count). The first-order valence-electron chi connectivity index (χ1n) is 6.94. The Bertz CT molecular complexity index is 404. The lowest BCUT2D eigenvalue weighted by molar-refractivity contribution is 0.280. The molecule has 1 atom stereocenters. The lowest BCUT2D eigenvalue weighted by Crippen LogP contribution is -2.34. The van der Waals surface area contributed by atoms with Crippen LogP contribution in [0.1, 0.15) is 44.6 Å². The second-order valence-corrected chi connectivity index (χ2v) is 5.44. The van der Waals surface area contributed by atoms with Crippen LogP contribution in [0, 0.1) is 23.4 Å². The van der Waals surface area contributed by atoms with Crippen LogP contribution >= 0.6 is 0 Å². The predicted octanol–water partition coefficient (Wildman–Crippen LogP) is 4.16. The Morgan fingerprint density at radius 3 is 2.26 bits per heavy atom. The van der Waals surface area contributed by atoms with Crippen molar-refractivity contribution in [1.29, 1.82) is 0 Å². The van der Waals surface area contributed by atoms with Crippen molar-refractivity contribution in [1.82, 2.24) is 5.32 Å². The van der Waals surface area contributed by atoms with Gasteiger partial charge in [-0.2, -0.15) is 0 Å². The van der Waals surface area contributed by atoms with E-state index < -0.39 is 17.5 Å². The minimum absolute atomic E-state index is 0.316. The molecule has 1 N–H and O–H groups in total. The zero-order valence-electron chi connectivity index (χ0n) is 11.2. The Morgan fingerprint density at radius 1 is 1.11 bits per heavy atom. The minimum Gasteiger partial charge on any atom is -0.310 e. The molecule has 1 nitrogen and oxygen atoms in total. The third kappa shape index (κ3) is 3.72. The highest BCUT2D eigenvalue weighted by Gasteiger charge is 2.19. The standard InChI is InChI=1S/C15H20F3N/c1-10(12-5-3-2-4-6-12)19-9-11-7-13(16)15(18)14(17)8-11/h7-8,10,12,19H,2-6,9H2,1H3/t10-/m1/s1. The minimum atomic E-state index is -1.40. The molecule has 0 heterocycles. The number of hydrogen-bond donors (Lipinski definition) is 1. The van der Waals surface area contributed by atoms with E-state index in [4.69, 9.17) is 0 Å². The zero-order valence-corrected chi connectivity index (χ0v) is 11.2.